The lowest BCUT2D eigenvalue weighted by molar-refractivity contribution is -0.138. The first kappa shape index (κ1) is 21.2. The molecule has 0 aliphatic carbocycles. The number of hydrogen-bond donors (Lipinski definition) is 1. The highest BCUT2D eigenvalue weighted by molar-refractivity contribution is 6.09. The van der Waals surface area contributed by atoms with Gasteiger partial charge in [0.15, 0.2) is 0 Å². The fourth-order valence-electron chi connectivity index (χ4n) is 3.04. The van der Waals surface area contributed by atoms with Gasteiger partial charge in [0.25, 0.3) is 11.8 Å². The van der Waals surface area contributed by atoms with Crippen LogP contribution < -0.4 is 10.2 Å². The Labute approximate surface area is 168 Å². The van der Waals surface area contributed by atoms with Crippen LogP contribution in [0.5, 0.6) is 0 Å². The summed E-state index contributed by atoms with van der Waals surface area (Å²) in [5.41, 5.74) is -2.03. The van der Waals surface area contributed by atoms with Crippen molar-refractivity contribution in [2.24, 2.45) is 0 Å². The van der Waals surface area contributed by atoms with Gasteiger partial charge in [-0.25, -0.2) is 14.2 Å². The van der Waals surface area contributed by atoms with Gasteiger partial charge in [-0.15, -0.1) is 0 Å². The van der Waals surface area contributed by atoms with Crippen molar-refractivity contribution in [1.29, 1.82) is 0 Å². The highest BCUT2D eigenvalue weighted by Crippen LogP contribution is 2.33. The number of benzene rings is 1. The van der Waals surface area contributed by atoms with Crippen LogP contribution >= 0.6 is 0 Å². The molecule has 2 heterocycles. The molecule has 30 heavy (non-hydrogen) atoms. The summed E-state index contributed by atoms with van der Waals surface area (Å²) in [5, 5.41) is 2.42. The fourth-order valence-corrected chi connectivity index (χ4v) is 3.04. The monoisotopic (exact) mass is 424 g/mol. The molecule has 0 spiro atoms. The Balaban J connectivity index is 1.90. The molecule has 2 aromatic rings. The number of rotatable bonds is 3. The molecular formula is C19H16F4N4O3. The molecule has 4 amide bonds. The lowest BCUT2D eigenvalue weighted by Gasteiger charge is -2.34. The molecule has 0 saturated carbocycles. The van der Waals surface area contributed by atoms with Crippen LogP contribution in [0.1, 0.15) is 32.7 Å². The van der Waals surface area contributed by atoms with E-state index in [0.29, 0.717) is 23.1 Å². The van der Waals surface area contributed by atoms with Gasteiger partial charge in [0.1, 0.15) is 11.6 Å². The van der Waals surface area contributed by atoms with Crippen molar-refractivity contribution in [2.45, 2.75) is 12.6 Å². The summed E-state index contributed by atoms with van der Waals surface area (Å²) in [7, 11) is 1.44. The van der Waals surface area contributed by atoms with Gasteiger partial charge in [-0.05, 0) is 36.8 Å². The maximum absolute atomic E-state index is 13.6. The van der Waals surface area contributed by atoms with Gasteiger partial charge < -0.3 is 5.32 Å². The van der Waals surface area contributed by atoms with Crippen LogP contribution in [0, 0.1) is 5.82 Å². The SMILES string of the molecule is CNC(=O)c1ccc(N2CCCN(C(=O)c3cc(F)ccc3C(F)(F)F)C2=O)nc1. The van der Waals surface area contributed by atoms with E-state index in [0.717, 1.165) is 4.90 Å². The first-order valence-electron chi connectivity index (χ1n) is 8.81. The van der Waals surface area contributed by atoms with Crippen molar-refractivity contribution >= 4 is 23.7 Å². The molecule has 158 valence electrons. The summed E-state index contributed by atoms with van der Waals surface area (Å²) in [6.07, 6.45) is -3.39. The minimum absolute atomic E-state index is 0.125. The normalized spacial score (nSPS) is 14.6. The number of pyridine rings is 1. The standard InChI is InChI=1S/C19H16F4N4O3/c1-24-16(28)11-3-6-15(25-10-11)26-7-2-8-27(18(26)30)17(29)13-9-12(20)4-5-14(13)19(21,22)23/h3-6,9-10H,2,7-8H2,1H3,(H,24,28). The minimum Gasteiger partial charge on any atom is -0.355 e. The zero-order chi connectivity index (χ0) is 22.1. The van der Waals surface area contributed by atoms with Crippen LogP contribution in [0.4, 0.5) is 28.2 Å². The van der Waals surface area contributed by atoms with E-state index < -0.39 is 35.1 Å². The van der Waals surface area contributed by atoms with E-state index in [9.17, 15) is 31.9 Å². The van der Waals surface area contributed by atoms with Gasteiger partial charge in [0, 0.05) is 26.3 Å². The first-order valence-corrected chi connectivity index (χ1v) is 8.81. The maximum Gasteiger partial charge on any atom is 0.417 e. The Bertz CT molecular complexity index is 992. The lowest BCUT2D eigenvalue weighted by atomic mass is 10.0. The number of halogens is 4. The smallest absolute Gasteiger partial charge is 0.355 e. The van der Waals surface area contributed by atoms with E-state index in [-0.39, 0.29) is 36.8 Å². The van der Waals surface area contributed by atoms with Gasteiger partial charge in [-0.2, -0.15) is 13.2 Å². The van der Waals surface area contributed by atoms with Crippen molar-refractivity contribution < 1.29 is 31.9 Å². The summed E-state index contributed by atoms with van der Waals surface area (Å²) in [6.45, 7) is 0.0442. The molecule has 11 heteroatoms. The quantitative estimate of drug-likeness (QED) is 0.768. The van der Waals surface area contributed by atoms with Crippen molar-refractivity contribution in [1.82, 2.24) is 15.2 Å². The number of imide groups is 1. The average Bonchev–Trinajstić information content (AvgIpc) is 2.72. The molecule has 1 saturated heterocycles. The average molecular weight is 424 g/mol. The molecule has 1 aliphatic rings. The molecule has 0 bridgehead atoms. The molecule has 3 rings (SSSR count). The third-order valence-electron chi connectivity index (χ3n) is 4.50. The Kier molecular flexibility index (Phi) is 5.72. The Morgan fingerprint density at radius 2 is 1.87 bits per heavy atom. The van der Waals surface area contributed by atoms with Crippen LogP contribution in [-0.4, -0.2) is 47.9 Å². The molecule has 1 fully saturated rings. The predicted octanol–water partition coefficient (Wildman–Crippen LogP) is 3.07. The van der Waals surface area contributed by atoms with Crippen molar-refractivity contribution in [2.75, 3.05) is 25.0 Å². The van der Waals surface area contributed by atoms with Gasteiger partial charge in [0.2, 0.25) is 0 Å². The maximum atomic E-state index is 13.6. The Morgan fingerprint density at radius 3 is 2.47 bits per heavy atom. The number of hydrogen-bond acceptors (Lipinski definition) is 4. The third-order valence-corrected chi connectivity index (χ3v) is 4.50. The largest absolute Gasteiger partial charge is 0.417 e. The van der Waals surface area contributed by atoms with E-state index in [1.54, 1.807) is 0 Å². The number of anilines is 1. The summed E-state index contributed by atoms with van der Waals surface area (Å²) in [5.74, 6) is -2.54. The predicted molar refractivity (Wildman–Crippen MR) is 97.4 cm³/mol. The minimum atomic E-state index is -4.89. The molecule has 1 aliphatic heterocycles. The van der Waals surface area contributed by atoms with Crippen LogP contribution in [0.25, 0.3) is 0 Å². The summed E-state index contributed by atoms with van der Waals surface area (Å²) >= 11 is 0. The number of aromatic nitrogens is 1. The van der Waals surface area contributed by atoms with Crippen molar-refractivity contribution in [3.05, 3.63) is 59.0 Å². The van der Waals surface area contributed by atoms with E-state index in [1.165, 1.54) is 25.4 Å². The summed E-state index contributed by atoms with van der Waals surface area (Å²) < 4.78 is 53.3. The van der Waals surface area contributed by atoms with E-state index >= 15 is 0 Å². The van der Waals surface area contributed by atoms with Crippen molar-refractivity contribution in [3.63, 3.8) is 0 Å². The Hall–Kier alpha value is -3.50. The van der Waals surface area contributed by atoms with Crippen LogP contribution in [0.2, 0.25) is 0 Å². The number of amides is 4. The van der Waals surface area contributed by atoms with Gasteiger partial charge >= 0.3 is 12.2 Å². The molecule has 0 atom stereocenters. The number of alkyl halides is 3. The summed E-state index contributed by atoms with van der Waals surface area (Å²) in [4.78, 5) is 42.9. The highest BCUT2D eigenvalue weighted by atomic mass is 19.4. The van der Waals surface area contributed by atoms with Gasteiger partial charge in [-0.3, -0.25) is 19.4 Å². The first-order chi connectivity index (χ1) is 14.1. The lowest BCUT2D eigenvalue weighted by Crippen LogP contribution is -2.52. The number of nitrogens with one attached hydrogen (secondary N) is 1. The van der Waals surface area contributed by atoms with Crippen LogP contribution in [0.3, 0.4) is 0 Å². The second kappa shape index (κ2) is 8.09. The zero-order valence-corrected chi connectivity index (χ0v) is 15.7. The van der Waals surface area contributed by atoms with Crippen LogP contribution in [-0.2, 0) is 6.18 Å². The van der Waals surface area contributed by atoms with E-state index in [2.05, 4.69) is 10.3 Å². The molecular weight excluding hydrogens is 408 g/mol. The molecule has 1 aromatic carbocycles. The van der Waals surface area contributed by atoms with Gasteiger partial charge in [-0.1, -0.05) is 0 Å². The second-order valence-corrected chi connectivity index (χ2v) is 6.42. The summed E-state index contributed by atoms with van der Waals surface area (Å²) in [6, 6.07) is 3.45. The number of carbonyl (C=O) groups excluding carboxylic acids is 3. The van der Waals surface area contributed by atoms with Crippen LogP contribution in [0.15, 0.2) is 36.5 Å². The van der Waals surface area contributed by atoms with E-state index in [4.69, 9.17) is 0 Å². The number of nitrogens with zero attached hydrogens (tertiary/aromatic N) is 3. The zero-order valence-electron chi connectivity index (χ0n) is 15.7. The fraction of sp³-hybridized carbons (Fsp3) is 0.263. The topological polar surface area (TPSA) is 82.6 Å². The molecule has 1 N–H and O–H groups in total. The molecule has 0 radical (unpaired) electrons. The molecule has 0 unspecified atom stereocenters. The molecule has 7 nitrogen and oxygen atoms in total. The van der Waals surface area contributed by atoms with E-state index in [1.807, 2.05) is 0 Å². The second-order valence-electron chi connectivity index (χ2n) is 6.42. The highest BCUT2D eigenvalue weighted by Gasteiger charge is 2.39. The van der Waals surface area contributed by atoms with Gasteiger partial charge in [0.05, 0.1) is 16.7 Å². The van der Waals surface area contributed by atoms with Crippen molar-refractivity contribution in [3.8, 4) is 0 Å². The number of carbonyl (C=O) groups is 3. The Morgan fingerprint density at radius 1 is 1.13 bits per heavy atom. The molecule has 1 aromatic heterocycles. The third kappa shape index (κ3) is 4.09. The number of urea groups is 1.